The van der Waals surface area contributed by atoms with Gasteiger partial charge in [0.15, 0.2) is 0 Å². The van der Waals surface area contributed by atoms with Gasteiger partial charge in [-0.3, -0.25) is 13.9 Å². The van der Waals surface area contributed by atoms with E-state index in [1.54, 1.807) is 12.1 Å². The summed E-state index contributed by atoms with van der Waals surface area (Å²) in [6.45, 7) is 6.08. The lowest BCUT2D eigenvalue weighted by molar-refractivity contribution is -0.140. The molecule has 0 spiro atoms. The minimum absolute atomic E-state index is 0.200. The van der Waals surface area contributed by atoms with Crippen LogP contribution in [0.3, 0.4) is 0 Å². The molecule has 7 nitrogen and oxygen atoms in total. The Morgan fingerprint density at radius 2 is 1.67 bits per heavy atom. The highest BCUT2D eigenvalue weighted by Gasteiger charge is 2.32. The highest BCUT2D eigenvalue weighted by Crippen LogP contribution is 2.29. The molecule has 0 aliphatic heterocycles. The minimum atomic E-state index is -3.80. The van der Waals surface area contributed by atoms with Gasteiger partial charge in [-0.2, -0.15) is 0 Å². The molecule has 0 saturated heterocycles. The fourth-order valence-corrected chi connectivity index (χ4v) is 5.17. The number of anilines is 1. The maximum absolute atomic E-state index is 13.8. The number of rotatable bonds is 11. The Morgan fingerprint density at radius 3 is 2.33 bits per heavy atom. The number of benzene rings is 3. The highest BCUT2D eigenvalue weighted by molar-refractivity contribution is 7.92. The first-order valence-electron chi connectivity index (χ1n) is 12.2. The second kappa shape index (κ2) is 12.0. The molecule has 0 saturated carbocycles. The first-order valence-corrected chi connectivity index (χ1v) is 14.1. The van der Waals surface area contributed by atoms with Crippen LogP contribution >= 0.6 is 0 Å². The van der Waals surface area contributed by atoms with Crippen LogP contribution in [0, 0.1) is 6.92 Å². The monoisotopic (exact) mass is 509 g/mol. The molecule has 3 aromatic carbocycles. The van der Waals surface area contributed by atoms with Crippen molar-refractivity contribution in [2.45, 2.75) is 46.2 Å². The van der Waals surface area contributed by atoms with Gasteiger partial charge < -0.3 is 10.2 Å². The molecule has 36 heavy (non-hydrogen) atoms. The molecule has 1 N–H and O–H groups in total. The van der Waals surface area contributed by atoms with Crippen molar-refractivity contribution in [1.29, 1.82) is 0 Å². The molecule has 192 valence electrons. The van der Waals surface area contributed by atoms with Crippen LogP contribution in [-0.4, -0.2) is 50.5 Å². The average molecular weight is 510 g/mol. The number of hydrogen-bond acceptors (Lipinski definition) is 4. The maximum Gasteiger partial charge on any atom is 0.244 e. The SMILES string of the molecule is CCCNC(=O)[C@@H](CC)N(Cc1cccc(C)c1)C(=O)CN(c1cccc2ccccc12)S(C)(=O)=O. The van der Waals surface area contributed by atoms with Gasteiger partial charge in [-0.25, -0.2) is 8.42 Å². The number of sulfonamides is 1. The van der Waals surface area contributed by atoms with Crippen LogP contribution in [0.5, 0.6) is 0 Å². The molecule has 0 radical (unpaired) electrons. The highest BCUT2D eigenvalue weighted by atomic mass is 32.2. The van der Waals surface area contributed by atoms with Crippen LogP contribution in [0.4, 0.5) is 5.69 Å². The molecule has 1 atom stereocenters. The third kappa shape index (κ3) is 6.63. The second-order valence-corrected chi connectivity index (χ2v) is 10.9. The summed E-state index contributed by atoms with van der Waals surface area (Å²) >= 11 is 0. The zero-order valence-electron chi connectivity index (χ0n) is 21.4. The Bertz CT molecular complexity index is 1320. The number of hydrogen-bond donors (Lipinski definition) is 1. The molecule has 0 aromatic heterocycles. The molecule has 2 amide bonds. The zero-order valence-corrected chi connectivity index (χ0v) is 22.2. The summed E-state index contributed by atoms with van der Waals surface area (Å²) in [4.78, 5) is 28.3. The van der Waals surface area contributed by atoms with Crippen molar-refractivity contribution >= 4 is 38.3 Å². The molecule has 0 bridgehead atoms. The van der Waals surface area contributed by atoms with Gasteiger partial charge in [0.1, 0.15) is 12.6 Å². The van der Waals surface area contributed by atoms with Crippen LogP contribution in [0.2, 0.25) is 0 Å². The quantitative estimate of drug-likeness (QED) is 0.419. The number of nitrogens with zero attached hydrogens (tertiary/aromatic N) is 2. The number of amides is 2. The number of nitrogens with one attached hydrogen (secondary N) is 1. The molecule has 0 heterocycles. The van der Waals surface area contributed by atoms with Gasteiger partial charge in [-0.1, -0.05) is 80.1 Å². The lowest BCUT2D eigenvalue weighted by Crippen LogP contribution is -2.52. The van der Waals surface area contributed by atoms with Crippen LogP contribution in [0.15, 0.2) is 66.7 Å². The van der Waals surface area contributed by atoms with Crippen molar-refractivity contribution in [2.75, 3.05) is 23.7 Å². The van der Waals surface area contributed by atoms with E-state index < -0.39 is 28.5 Å². The Labute approximate surface area is 214 Å². The lowest BCUT2D eigenvalue weighted by atomic mass is 10.1. The molecule has 8 heteroatoms. The van der Waals surface area contributed by atoms with Gasteiger partial charge in [0.2, 0.25) is 21.8 Å². The number of carbonyl (C=O) groups excluding carboxylic acids is 2. The van der Waals surface area contributed by atoms with Crippen molar-refractivity contribution in [1.82, 2.24) is 10.2 Å². The van der Waals surface area contributed by atoms with E-state index >= 15 is 0 Å². The van der Waals surface area contributed by atoms with Crippen molar-refractivity contribution in [3.8, 4) is 0 Å². The van der Waals surface area contributed by atoms with Gasteiger partial charge in [-0.15, -0.1) is 0 Å². The molecular formula is C28H35N3O4S. The lowest BCUT2D eigenvalue weighted by Gasteiger charge is -2.33. The van der Waals surface area contributed by atoms with E-state index in [-0.39, 0.29) is 12.5 Å². The smallest absolute Gasteiger partial charge is 0.244 e. The minimum Gasteiger partial charge on any atom is -0.354 e. The van der Waals surface area contributed by atoms with E-state index in [2.05, 4.69) is 5.32 Å². The van der Waals surface area contributed by atoms with Gasteiger partial charge in [0.25, 0.3) is 0 Å². The summed E-state index contributed by atoms with van der Waals surface area (Å²) < 4.78 is 27.0. The van der Waals surface area contributed by atoms with E-state index in [4.69, 9.17) is 0 Å². The van der Waals surface area contributed by atoms with Crippen molar-refractivity contribution < 1.29 is 18.0 Å². The maximum atomic E-state index is 13.8. The molecule has 3 rings (SSSR count). The van der Waals surface area contributed by atoms with Crippen molar-refractivity contribution in [3.63, 3.8) is 0 Å². The molecule has 0 unspecified atom stereocenters. The zero-order chi connectivity index (χ0) is 26.3. The predicted molar refractivity (Wildman–Crippen MR) is 145 cm³/mol. The largest absolute Gasteiger partial charge is 0.354 e. The van der Waals surface area contributed by atoms with E-state index in [0.29, 0.717) is 18.7 Å². The summed E-state index contributed by atoms with van der Waals surface area (Å²) in [6.07, 6.45) is 2.27. The molecule has 0 aliphatic carbocycles. The number of carbonyl (C=O) groups is 2. The van der Waals surface area contributed by atoms with Crippen LogP contribution < -0.4 is 9.62 Å². The summed E-state index contributed by atoms with van der Waals surface area (Å²) in [5.74, 6) is -0.676. The first-order chi connectivity index (χ1) is 17.2. The van der Waals surface area contributed by atoms with E-state index in [0.717, 1.165) is 38.9 Å². The average Bonchev–Trinajstić information content (AvgIpc) is 2.84. The first kappa shape index (κ1) is 27.2. The summed E-state index contributed by atoms with van der Waals surface area (Å²) in [5.41, 5.74) is 2.35. The molecule has 0 aliphatic rings. The topological polar surface area (TPSA) is 86.8 Å². The van der Waals surface area contributed by atoms with Gasteiger partial charge in [0.05, 0.1) is 11.9 Å². The van der Waals surface area contributed by atoms with Crippen molar-refractivity contribution in [3.05, 3.63) is 77.9 Å². The summed E-state index contributed by atoms with van der Waals surface area (Å²) in [5, 5.41) is 4.50. The number of aryl methyl sites for hydroxylation is 1. The standard InChI is InChI=1S/C28H35N3O4S/c1-5-17-29-28(33)25(6-2)30(19-22-12-9-11-21(3)18-22)27(32)20-31(36(4,34)35)26-16-10-14-23-13-7-8-15-24(23)26/h7-16,18,25H,5-6,17,19-20H2,1-4H3,(H,29,33)/t25-/m1/s1. The van der Waals surface area contributed by atoms with Gasteiger partial charge in [-0.05, 0) is 36.8 Å². The van der Waals surface area contributed by atoms with E-state index in [1.165, 1.54) is 4.90 Å². The van der Waals surface area contributed by atoms with E-state index in [1.807, 2.05) is 75.4 Å². The Morgan fingerprint density at radius 1 is 0.972 bits per heavy atom. The predicted octanol–water partition coefficient (Wildman–Crippen LogP) is 4.25. The molecule has 3 aromatic rings. The number of fused-ring (bicyclic) bond motifs is 1. The van der Waals surface area contributed by atoms with Crippen LogP contribution in [0.25, 0.3) is 10.8 Å². The van der Waals surface area contributed by atoms with Crippen LogP contribution in [-0.2, 0) is 26.2 Å². The second-order valence-electron chi connectivity index (χ2n) is 8.99. The molecular weight excluding hydrogens is 474 g/mol. The summed E-state index contributed by atoms with van der Waals surface area (Å²) in [6, 6.07) is 19.9. The molecule has 0 fully saturated rings. The normalized spacial score (nSPS) is 12.2. The third-order valence-electron chi connectivity index (χ3n) is 6.09. The van der Waals surface area contributed by atoms with E-state index in [9.17, 15) is 18.0 Å². The Balaban J connectivity index is 2.01. The van der Waals surface area contributed by atoms with Gasteiger partial charge >= 0.3 is 0 Å². The fraction of sp³-hybridized carbons (Fsp3) is 0.357. The Kier molecular flexibility index (Phi) is 9.09. The van der Waals surface area contributed by atoms with Crippen molar-refractivity contribution in [2.24, 2.45) is 0 Å². The Hall–Kier alpha value is -3.39. The summed E-state index contributed by atoms with van der Waals surface area (Å²) in [7, 11) is -3.80. The third-order valence-corrected chi connectivity index (χ3v) is 7.21. The fourth-order valence-electron chi connectivity index (χ4n) is 4.31. The van der Waals surface area contributed by atoms with Gasteiger partial charge in [0, 0.05) is 18.5 Å². The van der Waals surface area contributed by atoms with Crippen LogP contribution in [0.1, 0.15) is 37.8 Å².